The summed E-state index contributed by atoms with van der Waals surface area (Å²) in [5.41, 5.74) is 2.79. The molecule has 0 aromatic heterocycles. The van der Waals surface area contributed by atoms with Crippen molar-refractivity contribution in [2.45, 2.75) is 20.3 Å². The molecule has 2 aromatic carbocycles. The van der Waals surface area contributed by atoms with Gasteiger partial charge in [-0.2, -0.15) is 0 Å². The first-order valence-electron chi connectivity index (χ1n) is 7.71. The molecule has 24 heavy (non-hydrogen) atoms. The molecule has 0 unspecified atom stereocenters. The third-order valence-corrected chi connectivity index (χ3v) is 3.54. The highest BCUT2D eigenvalue weighted by molar-refractivity contribution is 5.98. The van der Waals surface area contributed by atoms with Crippen LogP contribution in [0.1, 0.15) is 39.6 Å². The van der Waals surface area contributed by atoms with Crippen molar-refractivity contribution in [1.29, 1.82) is 0 Å². The Kier molecular flexibility index (Phi) is 5.84. The number of carbonyl (C=O) groups excluding carboxylic acids is 3. The third-order valence-electron chi connectivity index (χ3n) is 3.54. The largest absolute Gasteiger partial charge is 0.337 e. The summed E-state index contributed by atoms with van der Waals surface area (Å²) in [7, 11) is 0. The van der Waals surface area contributed by atoms with Crippen LogP contribution in [0.2, 0.25) is 0 Å². The number of carbonyl (C=O) groups is 3. The van der Waals surface area contributed by atoms with Crippen LogP contribution < -0.4 is 10.6 Å². The van der Waals surface area contributed by atoms with E-state index in [1.165, 1.54) is 6.92 Å². The van der Waals surface area contributed by atoms with Crippen molar-refractivity contribution in [3.63, 3.8) is 0 Å². The highest BCUT2D eigenvalue weighted by Crippen LogP contribution is 2.11. The van der Waals surface area contributed by atoms with Crippen molar-refractivity contribution < 1.29 is 14.4 Å². The summed E-state index contributed by atoms with van der Waals surface area (Å²) < 4.78 is 0. The zero-order valence-corrected chi connectivity index (χ0v) is 13.8. The minimum atomic E-state index is -0.410. The normalized spacial score (nSPS) is 10.1. The SMILES string of the molecule is CC(=O)c1cccc(NC(=O)NCCC(=O)c2ccc(C)cc2)c1. The van der Waals surface area contributed by atoms with Gasteiger partial charge in [0.1, 0.15) is 0 Å². The number of aryl methyl sites for hydroxylation is 1. The zero-order valence-electron chi connectivity index (χ0n) is 13.8. The van der Waals surface area contributed by atoms with Gasteiger partial charge in [0.25, 0.3) is 0 Å². The van der Waals surface area contributed by atoms with E-state index >= 15 is 0 Å². The molecule has 0 fully saturated rings. The standard InChI is InChI=1S/C19H20N2O3/c1-13-6-8-15(9-7-13)18(23)10-11-20-19(24)21-17-5-3-4-16(12-17)14(2)22/h3-9,12H,10-11H2,1-2H3,(H2,20,21,24). The summed E-state index contributed by atoms with van der Waals surface area (Å²) in [5, 5.41) is 5.28. The third kappa shape index (κ3) is 5.05. The summed E-state index contributed by atoms with van der Waals surface area (Å²) in [4.78, 5) is 35.2. The molecule has 2 N–H and O–H groups in total. The Bertz CT molecular complexity index is 751. The summed E-state index contributed by atoms with van der Waals surface area (Å²) in [6.07, 6.45) is 0.226. The number of Topliss-reactive ketones (excluding diaryl/α,β-unsaturated/α-hetero) is 2. The predicted molar refractivity (Wildman–Crippen MR) is 93.6 cm³/mol. The lowest BCUT2D eigenvalue weighted by atomic mass is 10.1. The Balaban J connectivity index is 1.81. The number of hydrogen-bond acceptors (Lipinski definition) is 3. The Morgan fingerprint density at radius 2 is 1.67 bits per heavy atom. The zero-order chi connectivity index (χ0) is 17.5. The summed E-state index contributed by atoms with van der Waals surface area (Å²) in [6, 6.07) is 13.6. The molecule has 0 heterocycles. The van der Waals surface area contributed by atoms with Crippen molar-refractivity contribution in [1.82, 2.24) is 5.32 Å². The maximum absolute atomic E-state index is 12.0. The molecule has 0 saturated carbocycles. The first-order valence-corrected chi connectivity index (χ1v) is 7.71. The van der Waals surface area contributed by atoms with Gasteiger partial charge in [-0.3, -0.25) is 9.59 Å². The number of anilines is 1. The van der Waals surface area contributed by atoms with Crippen LogP contribution in [0, 0.1) is 6.92 Å². The van der Waals surface area contributed by atoms with E-state index in [9.17, 15) is 14.4 Å². The van der Waals surface area contributed by atoms with Gasteiger partial charge in [0.15, 0.2) is 11.6 Å². The van der Waals surface area contributed by atoms with Gasteiger partial charge in [0.2, 0.25) is 0 Å². The quantitative estimate of drug-likeness (QED) is 0.797. The van der Waals surface area contributed by atoms with Crippen molar-refractivity contribution in [2.75, 3.05) is 11.9 Å². The molecule has 2 amide bonds. The molecular formula is C19H20N2O3. The first-order chi connectivity index (χ1) is 11.5. The number of hydrogen-bond donors (Lipinski definition) is 2. The van der Waals surface area contributed by atoms with Crippen LogP contribution in [-0.2, 0) is 0 Å². The highest BCUT2D eigenvalue weighted by atomic mass is 16.2. The summed E-state index contributed by atoms with van der Waals surface area (Å²) in [5.74, 6) is -0.0865. The molecule has 5 heteroatoms. The molecule has 0 atom stereocenters. The Morgan fingerprint density at radius 3 is 2.33 bits per heavy atom. The summed E-state index contributed by atoms with van der Waals surface area (Å²) >= 11 is 0. The van der Waals surface area contributed by atoms with E-state index in [4.69, 9.17) is 0 Å². The average Bonchev–Trinajstić information content (AvgIpc) is 2.55. The number of ketones is 2. The van der Waals surface area contributed by atoms with E-state index in [-0.39, 0.29) is 24.5 Å². The fourth-order valence-electron chi connectivity index (χ4n) is 2.16. The minimum Gasteiger partial charge on any atom is -0.337 e. The molecule has 0 aliphatic rings. The van der Waals surface area contributed by atoms with E-state index in [1.807, 2.05) is 19.1 Å². The smallest absolute Gasteiger partial charge is 0.319 e. The number of amides is 2. The first kappa shape index (κ1) is 17.4. The number of rotatable bonds is 6. The maximum atomic E-state index is 12.0. The van der Waals surface area contributed by atoms with Crippen LogP contribution in [0.15, 0.2) is 48.5 Å². The molecule has 5 nitrogen and oxygen atoms in total. The second-order valence-electron chi connectivity index (χ2n) is 5.56. The van der Waals surface area contributed by atoms with Gasteiger partial charge >= 0.3 is 6.03 Å². The molecule has 0 bridgehead atoms. The Labute approximate surface area is 141 Å². The average molecular weight is 324 g/mol. The Morgan fingerprint density at radius 1 is 0.958 bits per heavy atom. The lowest BCUT2D eigenvalue weighted by Crippen LogP contribution is -2.30. The fraction of sp³-hybridized carbons (Fsp3) is 0.211. The van der Waals surface area contributed by atoms with Crippen LogP contribution >= 0.6 is 0 Å². The molecule has 124 valence electrons. The van der Waals surface area contributed by atoms with Crippen LogP contribution in [0.4, 0.5) is 10.5 Å². The molecule has 0 aliphatic heterocycles. The highest BCUT2D eigenvalue weighted by Gasteiger charge is 2.07. The van der Waals surface area contributed by atoms with Gasteiger partial charge in [-0.25, -0.2) is 4.79 Å². The number of urea groups is 1. The van der Waals surface area contributed by atoms with Gasteiger partial charge in [-0.1, -0.05) is 42.0 Å². The second kappa shape index (κ2) is 8.06. The second-order valence-corrected chi connectivity index (χ2v) is 5.56. The number of nitrogens with one attached hydrogen (secondary N) is 2. The van der Waals surface area contributed by atoms with Crippen molar-refractivity contribution in [3.8, 4) is 0 Å². The van der Waals surface area contributed by atoms with Crippen LogP contribution in [0.5, 0.6) is 0 Å². The molecule has 0 radical (unpaired) electrons. The maximum Gasteiger partial charge on any atom is 0.319 e. The van der Waals surface area contributed by atoms with Crippen molar-refractivity contribution in [3.05, 3.63) is 65.2 Å². The van der Waals surface area contributed by atoms with Crippen molar-refractivity contribution >= 4 is 23.3 Å². The molecular weight excluding hydrogens is 304 g/mol. The van der Waals surface area contributed by atoms with E-state index < -0.39 is 6.03 Å². The molecule has 2 rings (SSSR count). The van der Waals surface area contributed by atoms with Crippen molar-refractivity contribution in [2.24, 2.45) is 0 Å². The minimum absolute atomic E-state index is 0.0196. The lowest BCUT2D eigenvalue weighted by Gasteiger charge is -2.08. The molecule has 2 aromatic rings. The number of benzene rings is 2. The monoisotopic (exact) mass is 324 g/mol. The van der Waals surface area contributed by atoms with Gasteiger partial charge in [-0.05, 0) is 26.0 Å². The lowest BCUT2D eigenvalue weighted by molar-refractivity contribution is 0.0981. The van der Waals surface area contributed by atoms with E-state index in [1.54, 1.807) is 36.4 Å². The predicted octanol–water partition coefficient (Wildman–Crippen LogP) is 3.59. The summed E-state index contributed by atoms with van der Waals surface area (Å²) in [6.45, 7) is 3.67. The topological polar surface area (TPSA) is 75.3 Å². The van der Waals surface area contributed by atoms with E-state index in [2.05, 4.69) is 10.6 Å². The van der Waals surface area contributed by atoms with Crippen LogP contribution in [0.25, 0.3) is 0 Å². The molecule has 0 spiro atoms. The van der Waals surface area contributed by atoms with Crippen LogP contribution in [0.3, 0.4) is 0 Å². The van der Waals surface area contributed by atoms with Gasteiger partial charge in [0, 0.05) is 29.8 Å². The molecule has 0 saturated heterocycles. The van der Waals surface area contributed by atoms with Crippen LogP contribution in [-0.4, -0.2) is 24.1 Å². The van der Waals surface area contributed by atoms with Gasteiger partial charge in [-0.15, -0.1) is 0 Å². The molecule has 0 aliphatic carbocycles. The van der Waals surface area contributed by atoms with E-state index in [0.717, 1.165) is 5.56 Å². The fourth-order valence-corrected chi connectivity index (χ4v) is 2.16. The Hall–Kier alpha value is -2.95. The van der Waals surface area contributed by atoms with Gasteiger partial charge < -0.3 is 10.6 Å². The van der Waals surface area contributed by atoms with E-state index in [0.29, 0.717) is 16.8 Å². The van der Waals surface area contributed by atoms with Gasteiger partial charge in [0.05, 0.1) is 0 Å².